The molecule has 0 saturated heterocycles. The Kier molecular flexibility index (Phi) is 2.46. The summed E-state index contributed by atoms with van der Waals surface area (Å²) in [4.78, 5) is 11.0. The number of nitrogens with one attached hydrogen (secondary N) is 1. The number of methoxy groups -OCH3 is 2. The highest BCUT2D eigenvalue weighted by atomic mass is 16.7. The lowest BCUT2D eigenvalue weighted by Crippen LogP contribution is -2.43. The lowest BCUT2D eigenvalue weighted by Gasteiger charge is -2.29. The van der Waals surface area contributed by atoms with E-state index in [0.717, 1.165) is 17.5 Å². The second kappa shape index (κ2) is 3.64. The standard InChI is InChI=1S/C11H13NO3/c1-14-11(15-2)8-5-3-4-6-9(8)12-10(11)7-13/h3-7,10,12H,1-2H3. The molecule has 0 aromatic heterocycles. The van der Waals surface area contributed by atoms with Gasteiger partial charge in [-0.1, -0.05) is 18.2 Å². The SMILES string of the molecule is COC1(OC)c2ccccc2NC1C=O. The van der Waals surface area contributed by atoms with E-state index in [1.54, 1.807) is 0 Å². The summed E-state index contributed by atoms with van der Waals surface area (Å²) < 4.78 is 10.7. The average Bonchev–Trinajstić information content (AvgIpc) is 2.63. The fraction of sp³-hybridized carbons (Fsp3) is 0.364. The minimum Gasteiger partial charge on any atom is -0.370 e. The molecular formula is C11H13NO3. The van der Waals surface area contributed by atoms with Crippen molar-refractivity contribution < 1.29 is 14.3 Å². The van der Waals surface area contributed by atoms with Crippen LogP contribution in [0.15, 0.2) is 24.3 Å². The minimum atomic E-state index is -1.00. The normalized spacial score (nSPS) is 21.9. The zero-order chi connectivity index (χ0) is 10.9. The Hall–Kier alpha value is -1.39. The number of para-hydroxylation sites is 1. The van der Waals surface area contributed by atoms with Crippen LogP contribution in [0.2, 0.25) is 0 Å². The second-order valence-corrected chi connectivity index (χ2v) is 3.38. The smallest absolute Gasteiger partial charge is 0.224 e. The first-order chi connectivity index (χ1) is 7.28. The van der Waals surface area contributed by atoms with Crippen molar-refractivity contribution in [2.24, 2.45) is 0 Å². The Labute approximate surface area is 88.2 Å². The third-order valence-corrected chi connectivity index (χ3v) is 2.77. The van der Waals surface area contributed by atoms with Crippen LogP contribution in [0.1, 0.15) is 5.56 Å². The number of hydrogen-bond donors (Lipinski definition) is 1. The first kappa shape index (κ1) is 10.1. The number of hydrogen-bond acceptors (Lipinski definition) is 4. The van der Waals surface area contributed by atoms with Gasteiger partial charge in [0.1, 0.15) is 12.3 Å². The molecule has 0 aliphatic carbocycles. The van der Waals surface area contributed by atoms with Crippen molar-refractivity contribution in [3.63, 3.8) is 0 Å². The number of ether oxygens (including phenoxy) is 2. The van der Waals surface area contributed by atoms with E-state index in [1.807, 2.05) is 24.3 Å². The molecule has 1 N–H and O–H groups in total. The Balaban J connectivity index is 2.55. The van der Waals surface area contributed by atoms with Crippen LogP contribution >= 0.6 is 0 Å². The van der Waals surface area contributed by atoms with Gasteiger partial charge in [-0.25, -0.2) is 0 Å². The van der Waals surface area contributed by atoms with Gasteiger partial charge in [0, 0.05) is 25.5 Å². The first-order valence-electron chi connectivity index (χ1n) is 4.70. The van der Waals surface area contributed by atoms with Gasteiger partial charge in [-0.2, -0.15) is 0 Å². The van der Waals surface area contributed by atoms with Crippen LogP contribution in [0.4, 0.5) is 5.69 Å². The van der Waals surface area contributed by atoms with E-state index in [4.69, 9.17) is 9.47 Å². The van der Waals surface area contributed by atoms with Crippen LogP contribution in [-0.4, -0.2) is 26.5 Å². The van der Waals surface area contributed by atoms with Gasteiger partial charge in [-0.15, -0.1) is 0 Å². The Morgan fingerprint density at radius 1 is 1.33 bits per heavy atom. The van der Waals surface area contributed by atoms with E-state index in [9.17, 15) is 4.79 Å². The van der Waals surface area contributed by atoms with Gasteiger partial charge in [0.15, 0.2) is 0 Å². The van der Waals surface area contributed by atoms with Crippen LogP contribution in [-0.2, 0) is 20.1 Å². The number of fused-ring (bicyclic) bond motifs is 1. The molecule has 0 radical (unpaired) electrons. The van der Waals surface area contributed by atoms with Crippen LogP contribution < -0.4 is 5.32 Å². The van der Waals surface area contributed by atoms with Crippen molar-refractivity contribution in [3.05, 3.63) is 29.8 Å². The van der Waals surface area contributed by atoms with Gasteiger partial charge in [-0.05, 0) is 6.07 Å². The van der Waals surface area contributed by atoms with Gasteiger partial charge in [0.2, 0.25) is 5.79 Å². The molecule has 1 aromatic carbocycles. The van der Waals surface area contributed by atoms with Gasteiger partial charge >= 0.3 is 0 Å². The number of anilines is 1. The summed E-state index contributed by atoms with van der Waals surface area (Å²) in [7, 11) is 3.06. The summed E-state index contributed by atoms with van der Waals surface area (Å²) >= 11 is 0. The predicted octanol–water partition coefficient (Wildman–Crippen LogP) is 1.13. The van der Waals surface area contributed by atoms with Gasteiger partial charge in [-0.3, -0.25) is 0 Å². The highest BCUT2D eigenvalue weighted by molar-refractivity contribution is 5.74. The third kappa shape index (κ3) is 1.26. The third-order valence-electron chi connectivity index (χ3n) is 2.77. The molecule has 0 fully saturated rings. The molecule has 1 heterocycles. The zero-order valence-corrected chi connectivity index (χ0v) is 8.69. The lowest BCUT2D eigenvalue weighted by molar-refractivity contribution is -0.216. The van der Waals surface area contributed by atoms with Crippen molar-refractivity contribution in [1.82, 2.24) is 0 Å². The quantitative estimate of drug-likeness (QED) is 0.596. The molecule has 1 aromatic rings. The highest BCUT2D eigenvalue weighted by Gasteiger charge is 2.48. The second-order valence-electron chi connectivity index (χ2n) is 3.38. The molecule has 1 aliphatic heterocycles. The maximum atomic E-state index is 11.0. The van der Waals surface area contributed by atoms with Crippen LogP contribution in [0.3, 0.4) is 0 Å². The molecule has 0 bridgehead atoms. The van der Waals surface area contributed by atoms with Crippen molar-refractivity contribution in [3.8, 4) is 0 Å². The molecule has 0 amide bonds. The summed E-state index contributed by atoms with van der Waals surface area (Å²) in [6.45, 7) is 0. The molecule has 15 heavy (non-hydrogen) atoms. The summed E-state index contributed by atoms with van der Waals surface area (Å²) in [6, 6.07) is 7.06. The van der Waals surface area contributed by atoms with Gasteiger partial charge in [0.25, 0.3) is 0 Å². The Bertz CT molecular complexity index is 374. The maximum Gasteiger partial charge on any atom is 0.224 e. The van der Waals surface area contributed by atoms with Crippen molar-refractivity contribution in [2.75, 3.05) is 19.5 Å². The van der Waals surface area contributed by atoms with E-state index >= 15 is 0 Å². The van der Waals surface area contributed by atoms with Crippen molar-refractivity contribution in [2.45, 2.75) is 11.8 Å². The van der Waals surface area contributed by atoms with Crippen molar-refractivity contribution in [1.29, 1.82) is 0 Å². The van der Waals surface area contributed by atoms with E-state index in [1.165, 1.54) is 14.2 Å². The monoisotopic (exact) mass is 207 g/mol. The summed E-state index contributed by atoms with van der Waals surface area (Å²) in [5.41, 5.74) is 1.73. The average molecular weight is 207 g/mol. The first-order valence-corrected chi connectivity index (χ1v) is 4.70. The lowest BCUT2D eigenvalue weighted by atomic mass is 10.0. The molecular weight excluding hydrogens is 194 g/mol. The van der Waals surface area contributed by atoms with Crippen LogP contribution in [0, 0.1) is 0 Å². The van der Waals surface area contributed by atoms with Crippen LogP contribution in [0.25, 0.3) is 0 Å². The summed E-state index contributed by atoms with van der Waals surface area (Å²) in [5.74, 6) is -1.00. The molecule has 4 heteroatoms. The number of aldehydes is 1. The highest BCUT2D eigenvalue weighted by Crippen LogP contribution is 2.41. The van der Waals surface area contributed by atoms with E-state index in [0.29, 0.717) is 0 Å². The maximum absolute atomic E-state index is 11.0. The van der Waals surface area contributed by atoms with Gasteiger partial charge in [0.05, 0.1) is 0 Å². The predicted molar refractivity (Wildman–Crippen MR) is 55.6 cm³/mol. The van der Waals surface area contributed by atoms with E-state index in [2.05, 4.69) is 5.32 Å². The zero-order valence-electron chi connectivity index (χ0n) is 8.69. The number of rotatable bonds is 3. The largest absolute Gasteiger partial charge is 0.370 e. The molecule has 0 saturated carbocycles. The topological polar surface area (TPSA) is 47.6 Å². The molecule has 1 unspecified atom stereocenters. The Morgan fingerprint density at radius 2 is 2.00 bits per heavy atom. The van der Waals surface area contributed by atoms with E-state index < -0.39 is 11.8 Å². The number of carbonyl (C=O) groups excluding carboxylic acids is 1. The number of carbonyl (C=O) groups is 1. The molecule has 1 aliphatic rings. The summed E-state index contributed by atoms with van der Waals surface area (Å²) in [6.07, 6.45) is 0.799. The molecule has 80 valence electrons. The molecule has 1 atom stereocenters. The molecule has 2 rings (SSSR count). The van der Waals surface area contributed by atoms with Crippen LogP contribution in [0.5, 0.6) is 0 Å². The Morgan fingerprint density at radius 3 is 2.60 bits per heavy atom. The van der Waals surface area contributed by atoms with E-state index in [-0.39, 0.29) is 0 Å². The molecule has 4 nitrogen and oxygen atoms in total. The fourth-order valence-corrected chi connectivity index (χ4v) is 2.02. The molecule has 0 spiro atoms. The fourth-order valence-electron chi connectivity index (χ4n) is 2.02. The summed E-state index contributed by atoms with van der Waals surface area (Å²) in [5, 5.41) is 3.06. The van der Waals surface area contributed by atoms with Gasteiger partial charge < -0.3 is 19.6 Å². The minimum absolute atomic E-state index is 0.509. The number of benzene rings is 1. The van der Waals surface area contributed by atoms with Crippen molar-refractivity contribution >= 4 is 12.0 Å².